The van der Waals surface area contributed by atoms with Crippen LogP contribution in [-0.2, 0) is 29.2 Å². The van der Waals surface area contributed by atoms with Crippen LogP contribution in [0.25, 0.3) is 0 Å². The smallest absolute Gasteiger partial charge is 0.410 e. The third-order valence-electron chi connectivity index (χ3n) is 6.35. The van der Waals surface area contributed by atoms with Gasteiger partial charge in [-0.15, -0.1) is 0 Å². The highest BCUT2D eigenvalue weighted by atomic mass is 32.2. The molecule has 224 valence electrons. The third-order valence-corrected chi connectivity index (χ3v) is 7.27. The Balaban J connectivity index is 2.00. The maximum Gasteiger partial charge on any atom is 0.410 e. The Morgan fingerprint density at radius 2 is 1.77 bits per heavy atom. The molecule has 2 aliphatic rings. The zero-order chi connectivity index (χ0) is 29.5. The number of piperidine rings is 1. The Kier molecular flexibility index (Phi) is 11.4. The van der Waals surface area contributed by atoms with Crippen molar-refractivity contribution in [2.24, 2.45) is 11.8 Å². The number of rotatable bonds is 10. The normalized spacial score (nSPS) is 21.1. The second kappa shape index (κ2) is 13.6. The quantitative estimate of drug-likeness (QED) is 0.263. The molecule has 2 saturated heterocycles. The summed E-state index contributed by atoms with van der Waals surface area (Å²) in [4.78, 5) is 51.5. The number of amides is 4. The molecule has 0 aromatic heterocycles. The van der Waals surface area contributed by atoms with Gasteiger partial charge in [0.1, 0.15) is 27.9 Å². The molecule has 2 aliphatic heterocycles. The van der Waals surface area contributed by atoms with E-state index >= 15 is 0 Å². The van der Waals surface area contributed by atoms with Crippen LogP contribution in [0.1, 0.15) is 66.7 Å². The second-order valence-corrected chi connectivity index (χ2v) is 12.9. The number of carbonyl (C=O) groups is 4. The molecule has 0 aromatic carbocycles. The van der Waals surface area contributed by atoms with E-state index in [4.69, 9.17) is 9.47 Å². The summed E-state index contributed by atoms with van der Waals surface area (Å²) >= 11 is 0. The number of hydrogen-bond acceptors (Lipinski definition) is 10. The van der Waals surface area contributed by atoms with Crippen LogP contribution in [0.3, 0.4) is 0 Å². The lowest BCUT2D eigenvalue weighted by molar-refractivity contribution is -0.126. The van der Waals surface area contributed by atoms with Crippen molar-refractivity contribution in [2.45, 2.75) is 95.9 Å². The van der Waals surface area contributed by atoms with Crippen LogP contribution < -0.4 is 16.0 Å². The molecular formula is C24H41N4O10S-. The molecule has 4 amide bonds. The minimum atomic E-state index is -5.21. The van der Waals surface area contributed by atoms with E-state index in [1.165, 1.54) is 4.90 Å². The van der Waals surface area contributed by atoms with E-state index in [1.807, 2.05) is 0 Å². The molecule has 2 heterocycles. The second-order valence-electron chi connectivity index (χ2n) is 11.4. The van der Waals surface area contributed by atoms with Crippen LogP contribution >= 0.6 is 0 Å². The standard InChI is InChI=1S/C24H42N4O10S/c1-14(2)12-17(20(30)26-18(21(31)39(34,35)36)13-15-6-9-25-19(15)29)27-22(32)37-16-7-10-28(11-8-16)23(33)38-24(3,4)5/h14-18,21,31H,6-13H2,1-5H3,(H,25,29)(H,26,30)(H,27,32)(H,34,35,36)/p-1/t15-,17-,18-,21?/m0/s1. The first kappa shape index (κ1) is 32.6. The summed E-state index contributed by atoms with van der Waals surface area (Å²) in [7, 11) is -5.21. The summed E-state index contributed by atoms with van der Waals surface area (Å²) in [5.74, 6) is -1.97. The summed E-state index contributed by atoms with van der Waals surface area (Å²) in [6.07, 6.45) is -0.874. The average molecular weight is 578 g/mol. The molecule has 0 spiro atoms. The van der Waals surface area contributed by atoms with E-state index < -0.39 is 63.4 Å². The molecule has 14 nitrogen and oxygen atoms in total. The highest BCUT2D eigenvalue weighted by Gasteiger charge is 2.36. The van der Waals surface area contributed by atoms with Gasteiger partial charge in [-0.25, -0.2) is 18.0 Å². The fourth-order valence-corrected chi connectivity index (χ4v) is 5.00. The first-order valence-electron chi connectivity index (χ1n) is 13.1. The number of aliphatic hydroxyl groups excluding tert-OH is 1. The Morgan fingerprint density at radius 1 is 1.15 bits per heavy atom. The molecule has 4 atom stereocenters. The van der Waals surface area contributed by atoms with Crippen molar-refractivity contribution in [1.29, 1.82) is 0 Å². The number of hydrogen-bond donors (Lipinski definition) is 4. The number of aliphatic hydroxyl groups is 1. The van der Waals surface area contributed by atoms with E-state index in [2.05, 4.69) is 16.0 Å². The first-order chi connectivity index (χ1) is 18.0. The lowest BCUT2D eigenvalue weighted by atomic mass is 9.97. The Morgan fingerprint density at radius 3 is 2.26 bits per heavy atom. The van der Waals surface area contributed by atoms with Crippen LogP contribution in [0.15, 0.2) is 0 Å². The van der Waals surface area contributed by atoms with Crippen molar-refractivity contribution in [1.82, 2.24) is 20.9 Å². The van der Waals surface area contributed by atoms with Gasteiger partial charge in [0.15, 0.2) is 5.44 Å². The van der Waals surface area contributed by atoms with Gasteiger partial charge < -0.3 is 40.0 Å². The zero-order valence-electron chi connectivity index (χ0n) is 23.1. The Bertz CT molecular complexity index is 989. The zero-order valence-corrected chi connectivity index (χ0v) is 23.9. The van der Waals surface area contributed by atoms with Gasteiger partial charge in [0.05, 0.1) is 6.04 Å². The van der Waals surface area contributed by atoms with E-state index in [1.54, 1.807) is 34.6 Å². The number of nitrogens with zero attached hydrogens (tertiary/aromatic N) is 1. The van der Waals surface area contributed by atoms with Gasteiger partial charge >= 0.3 is 12.2 Å². The van der Waals surface area contributed by atoms with Gasteiger partial charge in [0.2, 0.25) is 11.8 Å². The fraction of sp³-hybridized carbons (Fsp3) is 0.833. The van der Waals surface area contributed by atoms with Gasteiger partial charge in [0, 0.05) is 38.4 Å². The predicted octanol–water partition coefficient (Wildman–Crippen LogP) is 0.401. The largest absolute Gasteiger partial charge is 0.746 e. The molecule has 1 unspecified atom stereocenters. The molecule has 0 radical (unpaired) electrons. The fourth-order valence-electron chi connectivity index (χ4n) is 4.42. The molecule has 0 aliphatic carbocycles. The van der Waals surface area contributed by atoms with Crippen LogP contribution in [-0.4, -0.2) is 95.8 Å². The lowest BCUT2D eigenvalue weighted by Crippen LogP contribution is -2.55. The number of carbonyl (C=O) groups excluding carboxylic acids is 4. The molecule has 0 aromatic rings. The highest BCUT2D eigenvalue weighted by Crippen LogP contribution is 2.21. The number of likely N-dealkylation sites (tertiary alicyclic amines) is 1. The van der Waals surface area contributed by atoms with Crippen molar-refractivity contribution in [3.05, 3.63) is 0 Å². The SMILES string of the molecule is CC(C)C[C@H](NC(=O)OC1CCN(C(=O)OC(C)(C)C)CC1)C(=O)N[C@@H](C[C@@H]1CCNC1=O)C(O)S(=O)(=O)[O-]. The van der Waals surface area contributed by atoms with Gasteiger partial charge in [-0.05, 0) is 46.0 Å². The van der Waals surface area contributed by atoms with Crippen LogP contribution in [0, 0.1) is 11.8 Å². The molecule has 2 fully saturated rings. The third kappa shape index (κ3) is 10.8. The molecule has 0 bridgehead atoms. The summed E-state index contributed by atoms with van der Waals surface area (Å²) in [6, 6.07) is -2.72. The van der Waals surface area contributed by atoms with Crippen LogP contribution in [0.5, 0.6) is 0 Å². The van der Waals surface area contributed by atoms with Gasteiger partial charge in [-0.3, -0.25) is 9.59 Å². The summed E-state index contributed by atoms with van der Waals surface area (Å²) in [6.45, 7) is 9.90. The van der Waals surface area contributed by atoms with Gasteiger partial charge in [-0.2, -0.15) is 0 Å². The van der Waals surface area contributed by atoms with Crippen molar-refractivity contribution < 1.29 is 46.7 Å². The van der Waals surface area contributed by atoms with E-state index in [9.17, 15) is 37.3 Å². The average Bonchev–Trinajstić information content (AvgIpc) is 3.20. The minimum absolute atomic E-state index is 0.0784. The number of alkyl carbamates (subject to hydrolysis) is 1. The molecule has 15 heteroatoms. The van der Waals surface area contributed by atoms with Crippen molar-refractivity contribution >= 4 is 34.1 Å². The van der Waals surface area contributed by atoms with E-state index in [-0.39, 0.29) is 24.7 Å². The van der Waals surface area contributed by atoms with E-state index in [0.717, 1.165) is 0 Å². The number of ether oxygens (including phenoxy) is 2. The van der Waals surface area contributed by atoms with Crippen LogP contribution in [0.2, 0.25) is 0 Å². The molecule has 0 saturated carbocycles. The highest BCUT2D eigenvalue weighted by molar-refractivity contribution is 7.86. The summed E-state index contributed by atoms with van der Waals surface area (Å²) < 4.78 is 45.3. The molecule has 39 heavy (non-hydrogen) atoms. The predicted molar refractivity (Wildman–Crippen MR) is 137 cm³/mol. The van der Waals surface area contributed by atoms with Gasteiger partial charge in [0.25, 0.3) is 0 Å². The first-order valence-corrected chi connectivity index (χ1v) is 14.6. The summed E-state index contributed by atoms with van der Waals surface area (Å²) in [5.41, 5.74) is -3.11. The van der Waals surface area contributed by atoms with Crippen molar-refractivity contribution in [2.75, 3.05) is 19.6 Å². The Hall–Kier alpha value is -2.65. The monoisotopic (exact) mass is 577 g/mol. The topological polar surface area (TPSA) is 203 Å². The van der Waals surface area contributed by atoms with Crippen molar-refractivity contribution in [3.8, 4) is 0 Å². The molecule has 4 N–H and O–H groups in total. The Labute approximate surface area is 229 Å². The number of nitrogens with one attached hydrogen (secondary N) is 3. The lowest BCUT2D eigenvalue weighted by Gasteiger charge is -2.33. The minimum Gasteiger partial charge on any atom is -0.746 e. The molecule has 2 rings (SSSR count). The molecular weight excluding hydrogens is 536 g/mol. The maximum absolute atomic E-state index is 13.1. The van der Waals surface area contributed by atoms with Crippen molar-refractivity contribution in [3.63, 3.8) is 0 Å². The summed E-state index contributed by atoms with van der Waals surface area (Å²) in [5, 5.41) is 17.5. The van der Waals surface area contributed by atoms with E-state index in [0.29, 0.717) is 38.9 Å². The maximum atomic E-state index is 13.1. The van der Waals surface area contributed by atoms with Crippen LogP contribution in [0.4, 0.5) is 9.59 Å². The van der Waals surface area contributed by atoms with Gasteiger partial charge in [-0.1, -0.05) is 13.8 Å².